The van der Waals surface area contributed by atoms with E-state index in [1.165, 1.54) is 43.5 Å². The molecule has 0 aromatic heterocycles. The molecule has 0 aliphatic carbocycles. The van der Waals surface area contributed by atoms with E-state index in [1.807, 2.05) is 0 Å². The second-order valence-electron chi connectivity index (χ2n) is 7.10. The number of aliphatic hydroxyl groups excluding tert-OH is 4. The van der Waals surface area contributed by atoms with Crippen molar-refractivity contribution in [3.63, 3.8) is 0 Å². The Morgan fingerprint density at radius 2 is 1.72 bits per heavy atom. The SMILES string of the molecule is COc1c(OC2OC(CO)C(O)C(O)C2O)ccc(C(=O)C=Cc2ccc(O)cc2)c1O. The summed E-state index contributed by atoms with van der Waals surface area (Å²) in [6.45, 7) is -0.631. The number of aromatic hydroxyl groups is 2. The molecule has 1 aliphatic rings. The molecule has 6 N–H and O–H groups in total. The molecule has 32 heavy (non-hydrogen) atoms. The molecule has 5 atom stereocenters. The van der Waals surface area contributed by atoms with E-state index < -0.39 is 48.8 Å². The molecule has 5 unspecified atom stereocenters. The quantitative estimate of drug-likeness (QED) is 0.254. The highest BCUT2D eigenvalue weighted by molar-refractivity contribution is 6.09. The summed E-state index contributed by atoms with van der Waals surface area (Å²) in [6.07, 6.45) is -4.78. The molecular weight excluding hydrogens is 424 g/mol. The van der Waals surface area contributed by atoms with E-state index in [0.29, 0.717) is 5.56 Å². The zero-order valence-corrected chi connectivity index (χ0v) is 17.0. The number of hydrogen-bond donors (Lipinski definition) is 6. The summed E-state index contributed by atoms with van der Waals surface area (Å²) in [4.78, 5) is 12.5. The standard InChI is InChI=1S/C22H24O10/c1-30-21-15(31-22-20(29)19(28)18(27)16(10-23)32-22)9-7-13(17(21)26)14(25)8-4-11-2-5-12(24)6-3-11/h2-9,16,18-20,22-24,26-29H,10H2,1H3. The minimum absolute atomic E-state index is 0.0852. The van der Waals surface area contributed by atoms with Crippen LogP contribution in [0.4, 0.5) is 0 Å². The Morgan fingerprint density at radius 3 is 2.34 bits per heavy atom. The highest BCUT2D eigenvalue weighted by Gasteiger charge is 2.45. The Hall–Kier alpha value is -3.15. The Bertz CT molecular complexity index is 969. The number of rotatable bonds is 7. The second-order valence-corrected chi connectivity index (χ2v) is 7.10. The maximum absolute atomic E-state index is 12.5. The molecule has 2 aromatic rings. The average molecular weight is 448 g/mol. The van der Waals surface area contributed by atoms with Crippen LogP contribution in [0.3, 0.4) is 0 Å². The predicted octanol–water partition coefficient (Wildman–Crippen LogP) is 0.181. The topological polar surface area (TPSA) is 166 Å². The third-order valence-corrected chi connectivity index (χ3v) is 4.98. The number of ketones is 1. The third-order valence-electron chi connectivity index (χ3n) is 4.98. The van der Waals surface area contributed by atoms with Crippen LogP contribution >= 0.6 is 0 Å². The summed E-state index contributed by atoms with van der Waals surface area (Å²) in [7, 11) is 1.23. The Kier molecular flexibility index (Phi) is 7.33. The number of ether oxygens (including phenoxy) is 3. The molecule has 10 nitrogen and oxygen atoms in total. The molecule has 1 aliphatic heterocycles. The van der Waals surface area contributed by atoms with E-state index in [9.17, 15) is 35.4 Å². The molecule has 1 fully saturated rings. The molecule has 10 heteroatoms. The minimum atomic E-state index is -1.66. The van der Waals surface area contributed by atoms with Crippen LogP contribution in [0, 0.1) is 0 Å². The summed E-state index contributed by atoms with van der Waals surface area (Å²) >= 11 is 0. The first-order valence-corrected chi connectivity index (χ1v) is 9.65. The van der Waals surface area contributed by atoms with Crippen LogP contribution in [0.1, 0.15) is 15.9 Å². The normalized spacial score (nSPS) is 25.6. The Labute approximate surface area is 183 Å². The number of carbonyl (C=O) groups is 1. The van der Waals surface area contributed by atoms with E-state index in [4.69, 9.17) is 14.2 Å². The van der Waals surface area contributed by atoms with Crippen LogP contribution < -0.4 is 9.47 Å². The first-order chi connectivity index (χ1) is 15.3. The van der Waals surface area contributed by atoms with Gasteiger partial charge < -0.3 is 44.8 Å². The van der Waals surface area contributed by atoms with Crippen molar-refractivity contribution in [2.45, 2.75) is 30.7 Å². The van der Waals surface area contributed by atoms with Gasteiger partial charge in [0.2, 0.25) is 12.0 Å². The molecule has 172 valence electrons. The Morgan fingerprint density at radius 1 is 1.03 bits per heavy atom. The first-order valence-electron chi connectivity index (χ1n) is 9.65. The van der Waals surface area contributed by atoms with Gasteiger partial charge >= 0.3 is 0 Å². The molecule has 0 radical (unpaired) electrons. The molecule has 0 saturated carbocycles. The van der Waals surface area contributed by atoms with Gasteiger partial charge in [-0.25, -0.2) is 0 Å². The van der Waals surface area contributed by atoms with Gasteiger partial charge in [0.25, 0.3) is 0 Å². The fourth-order valence-corrected chi connectivity index (χ4v) is 3.18. The van der Waals surface area contributed by atoms with E-state index in [-0.39, 0.29) is 22.8 Å². The molecule has 3 rings (SSSR count). The van der Waals surface area contributed by atoms with Crippen LogP contribution in [0.2, 0.25) is 0 Å². The minimum Gasteiger partial charge on any atom is -0.508 e. The third kappa shape index (κ3) is 4.85. The number of carbonyl (C=O) groups excluding carboxylic acids is 1. The number of allylic oxidation sites excluding steroid dienone is 1. The smallest absolute Gasteiger partial charge is 0.229 e. The summed E-state index contributed by atoms with van der Waals surface area (Å²) in [5.74, 6) is -1.28. The fraction of sp³-hybridized carbons (Fsp3) is 0.318. The number of benzene rings is 2. The lowest BCUT2D eigenvalue weighted by atomic mass is 9.99. The highest BCUT2D eigenvalue weighted by Crippen LogP contribution is 2.40. The average Bonchev–Trinajstić information content (AvgIpc) is 2.79. The van der Waals surface area contributed by atoms with Crippen molar-refractivity contribution in [2.24, 2.45) is 0 Å². The molecular formula is C22H24O10. The van der Waals surface area contributed by atoms with Crippen LogP contribution in [-0.2, 0) is 4.74 Å². The monoisotopic (exact) mass is 448 g/mol. The lowest BCUT2D eigenvalue weighted by Crippen LogP contribution is -2.60. The molecule has 1 heterocycles. The van der Waals surface area contributed by atoms with Gasteiger partial charge in [-0.05, 0) is 35.9 Å². The lowest BCUT2D eigenvalue weighted by molar-refractivity contribution is -0.277. The molecule has 0 amide bonds. The van der Waals surface area contributed by atoms with Gasteiger partial charge in [-0.1, -0.05) is 18.2 Å². The lowest BCUT2D eigenvalue weighted by Gasteiger charge is -2.39. The van der Waals surface area contributed by atoms with Crippen molar-refractivity contribution in [1.82, 2.24) is 0 Å². The van der Waals surface area contributed by atoms with Gasteiger partial charge in [0.1, 0.15) is 30.2 Å². The zero-order valence-electron chi connectivity index (χ0n) is 17.0. The fourth-order valence-electron chi connectivity index (χ4n) is 3.18. The van der Waals surface area contributed by atoms with Gasteiger partial charge in [0, 0.05) is 0 Å². The maximum atomic E-state index is 12.5. The van der Waals surface area contributed by atoms with Crippen molar-refractivity contribution in [3.05, 3.63) is 53.6 Å². The van der Waals surface area contributed by atoms with E-state index in [0.717, 1.165) is 0 Å². The van der Waals surface area contributed by atoms with E-state index >= 15 is 0 Å². The zero-order chi connectivity index (χ0) is 23.4. The van der Waals surface area contributed by atoms with Gasteiger partial charge in [-0.15, -0.1) is 0 Å². The predicted molar refractivity (Wildman–Crippen MR) is 111 cm³/mol. The van der Waals surface area contributed by atoms with Crippen molar-refractivity contribution in [1.29, 1.82) is 0 Å². The summed E-state index contributed by atoms with van der Waals surface area (Å²) in [5, 5.41) is 59.0. The Balaban J connectivity index is 1.82. The number of phenols is 2. The van der Waals surface area contributed by atoms with Gasteiger partial charge in [0.05, 0.1) is 19.3 Å². The molecule has 0 bridgehead atoms. The first kappa shape index (κ1) is 23.5. The highest BCUT2D eigenvalue weighted by atomic mass is 16.7. The number of phenolic OH excluding ortho intramolecular Hbond substituents is 2. The summed E-state index contributed by atoms with van der Waals surface area (Å²) < 4.78 is 15.9. The largest absolute Gasteiger partial charge is 0.508 e. The van der Waals surface area contributed by atoms with Crippen molar-refractivity contribution in [3.8, 4) is 23.0 Å². The number of methoxy groups -OCH3 is 1. The summed E-state index contributed by atoms with van der Waals surface area (Å²) in [5.41, 5.74) is 0.572. The van der Waals surface area contributed by atoms with Crippen LogP contribution in [0.25, 0.3) is 6.08 Å². The summed E-state index contributed by atoms with van der Waals surface area (Å²) in [6, 6.07) is 8.74. The van der Waals surface area contributed by atoms with Crippen LogP contribution in [0.15, 0.2) is 42.5 Å². The molecule has 2 aromatic carbocycles. The van der Waals surface area contributed by atoms with Gasteiger partial charge in [0.15, 0.2) is 17.3 Å². The van der Waals surface area contributed by atoms with Crippen molar-refractivity contribution < 1.29 is 49.6 Å². The maximum Gasteiger partial charge on any atom is 0.229 e. The molecule has 0 spiro atoms. The number of aliphatic hydroxyl groups is 4. The van der Waals surface area contributed by atoms with E-state index in [1.54, 1.807) is 12.1 Å². The second kappa shape index (κ2) is 9.98. The van der Waals surface area contributed by atoms with Gasteiger partial charge in [-0.2, -0.15) is 0 Å². The van der Waals surface area contributed by atoms with Crippen molar-refractivity contribution in [2.75, 3.05) is 13.7 Å². The number of hydrogen-bond acceptors (Lipinski definition) is 10. The van der Waals surface area contributed by atoms with Crippen LogP contribution in [-0.4, -0.2) is 80.8 Å². The molecule has 1 saturated heterocycles. The van der Waals surface area contributed by atoms with Crippen LogP contribution in [0.5, 0.6) is 23.0 Å². The van der Waals surface area contributed by atoms with Crippen molar-refractivity contribution >= 4 is 11.9 Å². The van der Waals surface area contributed by atoms with E-state index in [2.05, 4.69) is 0 Å². The van der Waals surface area contributed by atoms with Gasteiger partial charge in [-0.3, -0.25) is 4.79 Å².